The van der Waals surface area contributed by atoms with Crippen LogP contribution in [0.4, 0.5) is 39.4 Å². The summed E-state index contributed by atoms with van der Waals surface area (Å²) in [5, 5.41) is 3.50. The number of para-hydroxylation sites is 2. The molecule has 84 heavy (non-hydrogen) atoms. The number of sulfonamides is 2. The summed E-state index contributed by atoms with van der Waals surface area (Å²) < 4.78 is 143. The maximum absolute atomic E-state index is 15.9. The number of benzene rings is 6. The Hall–Kier alpha value is -6.74. The van der Waals surface area contributed by atoms with Crippen molar-refractivity contribution >= 4 is 71.9 Å². The van der Waals surface area contributed by atoms with Crippen LogP contribution < -0.4 is 20.1 Å². The van der Waals surface area contributed by atoms with Gasteiger partial charge >= 0.3 is 12.1 Å². The maximum atomic E-state index is 15.9. The first-order valence-electron chi connectivity index (χ1n) is 28.2. The number of alkyl carbamates (subject to hydrolysis) is 1. The number of carbonyl (C=O) groups is 2. The second-order valence-corrected chi connectivity index (χ2v) is 26.7. The van der Waals surface area contributed by atoms with Crippen molar-refractivity contribution in [2.75, 3.05) is 43.5 Å². The van der Waals surface area contributed by atoms with E-state index in [0.717, 1.165) is 50.7 Å². The largest absolute Gasteiger partial charge is 0.463 e. The van der Waals surface area contributed by atoms with E-state index in [1.165, 1.54) is 18.2 Å². The number of nitrogens with zero attached hydrogens (tertiary/aromatic N) is 3. The van der Waals surface area contributed by atoms with Gasteiger partial charge in [0.1, 0.15) is 56.0 Å². The van der Waals surface area contributed by atoms with Crippen LogP contribution in [0.1, 0.15) is 142 Å². The smallest absolute Gasteiger partial charge is 0.407 e. The molecule has 5 aromatic carbocycles. The van der Waals surface area contributed by atoms with Crippen molar-refractivity contribution in [3.63, 3.8) is 0 Å². The highest BCUT2D eigenvalue weighted by atomic mass is 32.3. The molecular formula is C64H74F4N4O9S3. The molecule has 7 rings (SSSR count). The van der Waals surface area contributed by atoms with E-state index in [4.69, 9.17) is 13.9 Å². The molecule has 0 radical (unpaired) electrons. The zero-order valence-corrected chi connectivity index (χ0v) is 52.2. The van der Waals surface area contributed by atoms with Crippen LogP contribution in [0.3, 0.4) is 0 Å². The zero-order chi connectivity index (χ0) is 61.7. The molecule has 0 spiro atoms. The highest BCUT2D eigenvalue weighted by molar-refractivity contribution is 8.12. The van der Waals surface area contributed by atoms with Gasteiger partial charge in [-0.25, -0.2) is 39.2 Å². The van der Waals surface area contributed by atoms with Crippen molar-refractivity contribution in [1.82, 2.24) is 9.89 Å². The van der Waals surface area contributed by atoms with Crippen molar-refractivity contribution in [3.05, 3.63) is 152 Å². The van der Waals surface area contributed by atoms with Crippen LogP contribution in [0, 0.1) is 28.7 Å². The third kappa shape index (κ3) is 13.5. The van der Waals surface area contributed by atoms with Gasteiger partial charge in [-0.3, -0.25) is 4.79 Å². The molecule has 0 bridgehead atoms. The first-order chi connectivity index (χ1) is 39.6. The number of rotatable bonds is 23. The van der Waals surface area contributed by atoms with Gasteiger partial charge in [-0.2, -0.15) is 4.58 Å². The van der Waals surface area contributed by atoms with Crippen molar-refractivity contribution in [2.45, 2.75) is 135 Å². The topological polar surface area (TPSA) is 166 Å². The van der Waals surface area contributed by atoms with E-state index in [-0.39, 0.29) is 59.7 Å². The van der Waals surface area contributed by atoms with Gasteiger partial charge in [-0.05, 0) is 93.2 Å². The number of thioether (sulfide) groups is 1. The van der Waals surface area contributed by atoms with Crippen molar-refractivity contribution in [1.29, 1.82) is 0 Å². The molecule has 5 aromatic rings. The number of anilines is 2. The zero-order valence-electron chi connectivity index (χ0n) is 49.7. The van der Waals surface area contributed by atoms with Crippen molar-refractivity contribution in [3.8, 4) is 22.5 Å². The number of halogens is 4. The summed E-state index contributed by atoms with van der Waals surface area (Å²) in [7, 11) is -11.7. The summed E-state index contributed by atoms with van der Waals surface area (Å²) in [6.07, 6.45) is -0.478. The number of fused-ring (bicyclic) bond motifs is 2. The Balaban J connectivity index is 1.32. The molecular weight excluding hydrogens is 1140 g/mol. The van der Waals surface area contributed by atoms with Gasteiger partial charge in [0.05, 0.1) is 27.8 Å². The molecule has 0 fully saturated rings. The molecule has 13 nitrogen and oxygen atoms in total. The van der Waals surface area contributed by atoms with Crippen LogP contribution in [0.15, 0.2) is 116 Å². The number of carbonyl (C=O) groups excluding carboxylic acids is 2. The van der Waals surface area contributed by atoms with E-state index in [2.05, 4.69) is 125 Å². The van der Waals surface area contributed by atoms with Crippen LogP contribution in [-0.4, -0.2) is 67.5 Å². The van der Waals surface area contributed by atoms with Gasteiger partial charge in [0.25, 0.3) is 0 Å². The minimum absolute atomic E-state index is 0.0673. The summed E-state index contributed by atoms with van der Waals surface area (Å²) in [5.41, 5.74) is 7.65. The third-order valence-corrected chi connectivity index (χ3v) is 19.2. The Kier molecular flexibility index (Phi) is 20.6. The fourth-order valence-corrected chi connectivity index (χ4v) is 13.9. The Morgan fingerprint density at radius 3 is 1.83 bits per heavy atom. The Labute approximate surface area is 495 Å². The third-order valence-electron chi connectivity index (χ3n) is 14.8. The second-order valence-electron chi connectivity index (χ2n) is 22.2. The van der Waals surface area contributed by atoms with E-state index in [9.17, 15) is 26.4 Å². The summed E-state index contributed by atoms with van der Waals surface area (Å²) in [5.74, 6) is -9.11. The summed E-state index contributed by atoms with van der Waals surface area (Å²) in [6.45, 7) is 26.7. The minimum Gasteiger partial charge on any atom is -0.463 e. The Morgan fingerprint density at radius 1 is 0.690 bits per heavy atom. The quantitative estimate of drug-likeness (QED) is 0.0123. The number of esters is 1. The lowest BCUT2D eigenvalue weighted by Gasteiger charge is -2.31. The predicted molar refractivity (Wildman–Crippen MR) is 325 cm³/mol. The highest BCUT2D eigenvalue weighted by Crippen LogP contribution is 2.47. The first kappa shape index (κ1) is 64.8. The molecule has 1 amide bonds. The molecule has 20 heteroatoms. The average molecular weight is 1220 g/mol. The number of ether oxygens (including phenoxy) is 2. The first-order valence-corrected chi connectivity index (χ1v) is 32.0. The Bertz CT molecular complexity index is 3800. The Morgan fingerprint density at radius 2 is 1.27 bits per heavy atom. The molecule has 0 saturated heterocycles. The number of nitrogens with one attached hydrogen (secondary N) is 1. The molecule has 0 atom stereocenters. The van der Waals surface area contributed by atoms with E-state index in [1.807, 2.05) is 31.2 Å². The SMILES string of the molecule is CCN(c1ccc2c(-c3ccccc3S(=O)(=O)[N-]S(=O)(=O)c3c(F)c(F)c(SCCOC(=O)NCCOC(=O)C(C)(C)CC)c(F)c3F)c3ccc(=[N+](CC)c4c(C(C)C)cccc4C(C)C)cc-3oc2c1)c1c(C(C)C)cccc1C(C)C. The molecule has 0 unspecified atom stereocenters. The predicted octanol–water partition coefficient (Wildman–Crippen LogP) is 15.8. The standard InChI is InChI=1S/C64H74F4N4O9S3/c1-14-64(12,13)62(73)79-32-31-69-63(74)80-33-34-82-60-54(65)56(67)61(57(68)55(60)66)84(77,78)70-83(75,76)52-26-18-17-21-49(52)53-47-29-27-41(71(15-2)58-43(37(4)5)22-19-23-44(58)38(6)7)35-50(47)81-51-36-42(28-30-48(51)53)72(16-3)59-45(39(8)9)24-20-25-46(59)40(10)11/h17-30,35-40H,14-16,31-34H2,1-13H3,(H,69,74). The number of hydrogen-bond donors (Lipinski definition) is 1. The molecule has 2 aliphatic rings. The van der Waals surface area contributed by atoms with Gasteiger partial charge in [0, 0.05) is 69.0 Å². The summed E-state index contributed by atoms with van der Waals surface area (Å²) in [4.78, 5) is 22.3. The van der Waals surface area contributed by atoms with Crippen molar-refractivity contribution < 1.29 is 57.9 Å². The molecule has 0 saturated carbocycles. The van der Waals surface area contributed by atoms with Gasteiger partial charge in [0.15, 0.2) is 23.3 Å². The summed E-state index contributed by atoms with van der Waals surface area (Å²) >= 11 is 0.162. The lowest BCUT2D eigenvalue weighted by molar-refractivity contribution is -0.153. The molecule has 1 N–H and O–H groups in total. The van der Waals surface area contributed by atoms with E-state index in [1.54, 1.807) is 26.0 Å². The van der Waals surface area contributed by atoms with Crippen LogP contribution in [0.2, 0.25) is 0 Å². The van der Waals surface area contributed by atoms with Gasteiger partial charge < -0.3 is 28.2 Å². The number of amides is 1. The monoisotopic (exact) mass is 1210 g/mol. The normalized spacial score (nSPS) is 12.7. The second kappa shape index (κ2) is 26.7. The molecule has 1 aliphatic carbocycles. The van der Waals surface area contributed by atoms with E-state index in [0.29, 0.717) is 41.8 Å². The number of hydrogen-bond acceptors (Lipinski definition) is 11. The summed E-state index contributed by atoms with van der Waals surface area (Å²) in [6, 6.07) is 29.1. The van der Waals surface area contributed by atoms with Crippen LogP contribution >= 0.6 is 11.8 Å². The van der Waals surface area contributed by atoms with Crippen LogP contribution in [-0.2, 0) is 34.3 Å². The van der Waals surface area contributed by atoms with Crippen LogP contribution in [0.25, 0.3) is 37.5 Å². The average Bonchev–Trinajstić information content (AvgIpc) is 2.80. The van der Waals surface area contributed by atoms with Crippen molar-refractivity contribution in [2.24, 2.45) is 5.41 Å². The highest BCUT2D eigenvalue weighted by Gasteiger charge is 2.34. The van der Waals surface area contributed by atoms with Crippen LogP contribution in [0.5, 0.6) is 0 Å². The minimum atomic E-state index is -6.10. The molecule has 450 valence electrons. The van der Waals surface area contributed by atoms with Gasteiger partial charge in [0.2, 0.25) is 11.0 Å². The van der Waals surface area contributed by atoms with Gasteiger partial charge in [-0.15, -0.1) is 11.8 Å². The maximum Gasteiger partial charge on any atom is 0.407 e. The van der Waals surface area contributed by atoms with Gasteiger partial charge in [-0.1, -0.05) is 117 Å². The lowest BCUT2D eigenvalue weighted by Crippen LogP contribution is -2.32. The molecule has 0 aromatic heterocycles. The fraction of sp³-hybridized carbons (Fsp3) is 0.391. The lowest BCUT2D eigenvalue weighted by atomic mass is 9.91. The van der Waals surface area contributed by atoms with E-state index >= 15 is 17.6 Å². The fourth-order valence-electron chi connectivity index (χ4n) is 10.1. The van der Waals surface area contributed by atoms with E-state index < -0.39 is 87.8 Å². The molecule has 1 heterocycles. The molecule has 1 aliphatic heterocycles.